The molecule has 4 aromatic rings. The van der Waals surface area contributed by atoms with Crippen molar-refractivity contribution in [1.29, 1.82) is 0 Å². The molecule has 4 aromatic heterocycles. The summed E-state index contributed by atoms with van der Waals surface area (Å²) in [6, 6.07) is 3.48. The number of aromatic nitrogens is 4. The number of rotatable bonds is 8. The van der Waals surface area contributed by atoms with Crippen molar-refractivity contribution in [2.75, 3.05) is 20.7 Å². The first-order valence-corrected chi connectivity index (χ1v) is 12.6. The first-order chi connectivity index (χ1) is 17.6. The summed E-state index contributed by atoms with van der Waals surface area (Å²) in [7, 11) is 4.06. The van der Waals surface area contributed by atoms with Crippen LogP contribution in [-0.2, 0) is 32.0 Å². The van der Waals surface area contributed by atoms with Crippen molar-refractivity contribution in [2.24, 2.45) is 0 Å². The van der Waals surface area contributed by atoms with Gasteiger partial charge in [-0.1, -0.05) is 30.1 Å². The summed E-state index contributed by atoms with van der Waals surface area (Å²) in [5.41, 5.74) is 1.97. The largest absolute Gasteiger partial charge is 0.463 e. The van der Waals surface area contributed by atoms with Crippen LogP contribution in [0.25, 0.3) is 22.1 Å². The molecule has 0 spiro atoms. The minimum atomic E-state index is -1.42. The van der Waals surface area contributed by atoms with Gasteiger partial charge in [-0.25, -0.2) is 14.8 Å². The van der Waals surface area contributed by atoms with Gasteiger partial charge in [-0.3, -0.25) is 4.79 Å². The van der Waals surface area contributed by atoms with Gasteiger partial charge < -0.3 is 24.3 Å². The van der Waals surface area contributed by atoms with Crippen LogP contribution in [0.2, 0.25) is 10.0 Å². The zero-order valence-corrected chi connectivity index (χ0v) is 23.0. The molecular formula is C26H31Cl2N5O4. The summed E-state index contributed by atoms with van der Waals surface area (Å²) in [4.78, 5) is 40.6. The molecule has 2 N–H and O–H groups in total. The highest BCUT2D eigenvalue weighted by atomic mass is 35.5. The molecule has 37 heavy (non-hydrogen) atoms. The zero-order valence-electron chi connectivity index (χ0n) is 21.5. The number of esters is 2. The van der Waals surface area contributed by atoms with E-state index < -0.39 is 17.5 Å². The lowest BCUT2D eigenvalue weighted by Crippen LogP contribution is -2.43. The summed E-state index contributed by atoms with van der Waals surface area (Å²) in [5, 5.41) is 3.01. The van der Waals surface area contributed by atoms with E-state index in [1.165, 1.54) is 5.56 Å². The molecule has 0 amide bonds. The maximum absolute atomic E-state index is 12.3. The molecule has 0 aromatic carbocycles. The number of carbonyl (C=O) groups excluding carboxylic acids is 2. The first-order valence-electron chi connectivity index (χ1n) is 11.8. The molecular weight excluding hydrogens is 517 g/mol. The highest BCUT2D eigenvalue weighted by Gasteiger charge is 2.40. The molecule has 198 valence electrons. The Morgan fingerprint density at radius 2 is 1.51 bits per heavy atom. The smallest absolute Gasteiger partial charge is 0.350 e. The number of nitrogens with one attached hydrogen (secondary N) is 2. The fourth-order valence-corrected chi connectivity index (χ4v) is 4.42. The Kier molecular flexibility index (Phi) is 9.53. The molecule has 4 rings (SSSR count). The van der Waals surface area contributed by atoms with Gasteiger partial charge in [-0.15, -0.1) is 0 Å². The highest BCUT2D eigenvalue weighted by Crippen LogP contribution is 2.30. The summed E-state index contributed by atoms with van der Waals surface area (Å²) in [6.45, 7) is 5.98. The SMILES string of the molecule is CCOC(=O)C(C)(Cc1c[nH]c2nccc(Cl)c12)OC(=O)CC.CN(C)Cc1c[nH]c2nccc(Cl)c12. The molecule has 0 radical (unpaired) electrons. The molecule has 0 aliphatic carbocycles. The third kappa shape index (κ3) is 6.80. The van der Waals surface area contributed by atoms with Crippen molar-refractivity contribution < 1.29 is 19.1 Å². The van der Waals surface area contributed by atoms with E-state index >= 15 is 0 Å². The third-order valence-electron chi connectivity index (χ3n) is 5.56. The molecule has 0 fully saturated rings. The second kappa shape index (κ2) is 12.4. The third-order valence-corrected chi connectivity index (χ3v) is 6.19. The number of pyridine rings is 2. The van der Waals surface area contributed by atoms with Crippen molar-refractivity contribution in [3.8, 4) is 0 Å². The van der Waals surface area contributed by atoms with Crippen LogP contribution in [-0.4, -0.2) is 63.1 Å². The second-order valence-electron chi connectivity index (χ2n) is 8.85. The lowest BCUT2D eigenvalue weighted by atomic mass is 9.96. The van der Waals surface area contributed by atoms with Crippen LogP contribution in [0, 0.1) is 0 Å². The van der Waals surface area contributed by atoms with Gasteiger partial charge in [-0.2, -0.15) is 0 Å². The van der Waals surface area contributed by atoms with Gasteiger partial charge in [0.05, 0.1) is 16.7 Å². The number of aromatic amines is 2. The fourth-order valence-electron chi connectivity index (χ4n) is 3.89. The van der Waals surface area contributed by atoms with Crippen molar-refractivity contribution in [3.05, 3.63) is 58.1 Å². The van der Waals surface area contributed by atoms with E-state index in [4.69, 9.17) is 32.7 Å². The number of ether oxygens (including phenoxy) is 2. The monoisotopic (exact) mass is 547 g/mol. The van der Waals surface area contributed by atoms with Gasteiger partial charge in [0, 0.05) is 54.9 Å². The quantitative estimate of drug-likeness (QED) is 0.287. The molecule has 0 bridgehead atoms. The van der Waals surface area contributed by atoms with E-state index in [0.717, 1.165) is 28.2 Å². The minimum Gasteiger partial charge on any atom is -0.463 e. The molecule has 0 saturated carbocycles. The number of halogens is 2. The van der Waals surface area contributed by atoms with Crippen molar-refractivity contribution in [2.45, 2.75) is 45.8 Å². The maximum atomic E-state index is 12.3. The summed E-state index contributed by atoms with van der Waals surface area (Å²) in [5.74, 6) is -1.05. The Hall–Kier alpha value is -3.14. The van der Waals surface area contributed by atoms with Crippen molar-refractivity contribution in [1.82, 2.24) is 24.8 Å². The van der Waals surface area contributed by atoms with Crippen LogP contribution in [0.4, 0.5) is 0 Å². The Labute approximate surface area is 225 Å². The number of hydrogen-bond donors (Lipinski definition) is 2. The Bertz CT molecular complexity index is 1380. The van der Waals surface area contributed by atoms with E-state index in [2.05, 4.69) is 24.8 Å². The number of nitrogens with zero attached hydrogens (tertiary/aromatic N) is 3. The van der Waals surface area contributed by atoms with Crippen LogP contribution in [0.1, 0.15) is 38.3 Å². The molecule has 4 heterocycles. The van der Waals surface area contributed by atoms with Crippen LogP contribution in [0.5, 0.6) is 0 Å². The van der Waals surface area contributed by atoms with Crippen LogP contribution in [0.3, 0.4) is 0 Å². The lowest BCUT2D eigenvalue weighted by molar-refractivity contribution is -0.180. The van der Waals surface area contributed by atoms with Gasteiger partial charge in [0.1, 0.15) is 11.3 Å². The normalized spacial score (nSPS) is 12.8. The minimum absolute atomic E-state index is 0.142. The van der Waals surface area contributed by atoms with E-state index in [0.29, 0.717) is 16.1 Å². The summed E-state index contributed by atoms with van der Waals surface area (Å²) in [6.07, 6.45) is 7.28. The van der Waals surface area contributed by atoms with Gasteiger partial charge in [-0.05, 0) is 51.2 Å². The molecule has 0 aliphatic heterocycles. The van der Waals surface area contributed by atoms with Crippen LogP contribution >= 0.6 is 23.2 Å². The average Bonchev–Trinajstić information content (AvgIpc) is 3.45. The van der Waals surface area contributed by atoms with E-state index in [9.17, 15) is 9.59 Å². The number of carbonyl (C=O) groups is 2. The first kappa shape index (κ1) is 28.4. The lowest BCUT2D eigenvalue weighted by Gasteiger charge is -2.27. The fraction of sp³-hybridized carbons (Fsp3) is 0.385. The molecule has 11 heteroatoms. The van der Waals surface area contributed by atoms with E-state index in [-0.39, 0.29) is 19.4 Å². The predicted molar refractivity (Wildman–Crippen MR) is 145 cm³/mol. The Morgan fingerprint density at radius 1 is 0.973 bits per heavy atom. The number of fused-ring (bicyclic) bond motifs is 2. The molecule has 1 unspecified atom stereocenters. The topological polar surface area (TPSA) is 113 Å². The van der Waals surface area contributed by atoms with Gasteiger partial charge in [0.2, 0.25) is 5.60 Å². The molecule has 1 atom stereocenters. The maximum Gasteiger partial charge on any atom is 0.350 e. The highest BCUT2D eigenvalue weighted by molar-refractivity contribution is 6.35. The van der Waals surface area contributed by atoms with Gasteiger partial charge in [0.25, 0.3) is 0 Å². The molecule has 0 saturated heterocycles. The number of H-pyrrole nitrogens is 2. The van der Waals surface area contributed by atoms with Gasteiger partial charge >= 0.3 is 11.9 Å². The zero-order chi connectivity index (χ0) is 27.2. The van der Waals surface area contributed by atoms with Crippen LogP contribution in [0.15, 0.2) is 36.9 Å². The van der Waals surface area contributed by atoms with Crippen molar-refractivity contribution in [3.63, 3.8) is 0 Å². The van der Waals surface area contributed by atoms with E-state index in [1.54, 1.807) is 45.4 Å². The van der Waals surface area contributed by atoms with E-state index in [1.807, 2.05) is 26.4 Å². The second-order valence-corrected chi connectivity index (χ2v) is 9.67. The van der Waals surface area contributed by atoms with Crippen molar-refractivity contribution >= 4 is 57.2 Å². The Morgan fingerprint density at radius 3 is 2.03 bits per heavy atom. The average molecular weight is 548 g/mol. The molecule has 9 nitrogen and oxygen atoms in total. The standard InChI is InChI=1S/C16H19ClN2O4.C10H12ClN3/c1-4-12(20)23-16(3,15(21)22-5-2)8-10-9-19-14-13(10)11(17)6-7-18-14;1-14(2)6-7-5-13-10-9(7)8(11)3-4-12-10/h6-7,9H,4-5,8H2,1-3H3,(H,18,19);3-5H,6H2,1-2H3,(H,12,13). The van der Waals surface area contributed by atoms with Crippen LogP contribution < -0.4 is 0 Å². The predicted octanol–water partition coefficient (Wildman–Crippen LogP) is 5.31. The summed E-state index contributed by atoms with van der Waals surface area (Å²) >= 11 is 12.3. The van der Waals surface area contributed by atoms with Gasteiger partial charge in [0.15, 0.2) is 0 Å². The summed E-state index contributed by atoms with van der Waals surface area (Å²) < 4.78 is 10.4. The Balaban J connectivity index is 0.000000231. The molecule has 0 aliphatic rings. The number of hydrogen-bond acceptors (Lipinski definition) is 7.